The molecule has 0 N–H and O–H groups in total. The Balaban J connectivity index is 2.11. The van der Waals surface area contributed by atoms with Crippen LogP contribution in [-0.2, 0) is 24.6 Å². The van der Waals surface area contributed by atoms with Crippen LogP contribution in [0.4, 0.5) is 0 Å². The van der Waals surface area contributed by atoms with Gasteiger partial charge in [0.25, 0.3) is 0 Å². The first-order valence-corrected chi connectivity index (χ1v) is 8.36. The standard InChI is InChI=1S/C15H23ClN4O/c1-3-4-12-14-15(19(2)18-12)20(13(17-14)5-8-16)11-6-9-21-10-7-11/h11H,3-10H2,1-2H3. The van der Waals surface area contributed by atoms with Crippen LogP contribution in [0, 0.1) is 0 Å². The molecule has 2 aromatic heterocycles. The van der Waals surface area contributed by atoms with Crippen LogP contribution in [-0.4, -0.2) is 38.4 Å². The molecule has 1 aliphatic rings. The Morgan fingerprint density at radius 1 is 1.29 bits per heavy atom. The van der Waals surface area contributed by atoms with E-state index in [4.69, 9.17) is 21.3 Å². The van der Waals surface area contributed by atoms with Crippen LogP contribution in [0.25, 0.3) is 11.2 Å². The van der Waals surface area contributed by atoms with Crippen LogP contribution in [0.15, 0.2) is 0 Å². The molecule has 6 heteroatoms. The maximum Gasteiger partial charge on any atom is 0.158 e. The van der Waals surface area contributed by atoms with Gasteiger partial charge in [0.2, 0.25) is 0 Å². The summed E-state index contributed by atoms with van der Waals surface area (Å²) < 4.78 is 9.86. The Morgan fingerprint density at radius 2 is 2.05 bits per heavy atom. The lowest BCUT2D eigenvalue weighted by Crippen LogP contribution is -2.22. The van der Waals surface area contributed by atoms with Crippen molar-refractivity contribution in [1.29, 1.82) is 0 Å². The van der Waals surface area contributed by atoms with Crippen molar-refractivity contribution in [2.45, 2.75) is 45.1 Å². The Bertz CT molecular complexity index is 613. The zero-order valence-electron chi connectivity index (χ0n) is 12.8. The van der Waals surface area contributed by atoms with Crippen LogP contribution in [0.3, 0.4) is 0 Å². The first-order valence-electron chi connectivity index (χ1n) is 7.82. The molecular weight excluding hydrogens is 288 g/mol. The van der Waals surface area contributed by atoms with Gasteiger partial charge >= 0.3 is 0 Å². The number of ether oxygens (including phenoxy) is 1. The van der Waals surface area contributed by atoms with Crippen molar-refractivity contribution >= 4 is 22.8 Å². The summed E-state index contributed by atoms with van der Waals surface area (Å²) in [6, 6.07) is 0.451. The fourth-order valence-corrected chi connectivity index (χ4v) is 3.41. The first kappa shape index (κ1) is 14.9. The molecule has 0 radical (unpaired) electrons. The SMILES string of the molecule is CCCc1nn(C)c2c1nc(CCCl)n2C1CCOCC1. The zero-order chi connectivity index (χ0) is 14.8. The Morgan fingerprint density at radius 3 is 2.71 bits per heavy atom. The van der Waals surface area contributed by atoms with Gasteiger partial charge in [0, 0.05) is 38.6 Å². The lowest BCUT2D eigenvalue weighted by molar-refractivity contribution is 0.0696. The van der Waals surface area contributed by atoms with Crippen molar-refractivity contribution in [1.82, 2.24) is 19.3 Å². The molecule has 0 unspecified atom stereocenters. The minimum Gasteiger partial charge on any atom is -0.381 e. The van der Waals surface area contributed by atoms with Crippen LogP contribution < -0.4 is 0 Å². The van der Waals surface area contributed by atoms with Gasteiger partial charge < -0.3 is 9.30 Å². The molecule has 0 aromatic carbocycles. The van der Waals surface area contributed by atoms with Crippen molar-refractivity contribution in [2.24, 2.45) is 7.05 Å². The molecule has 0 bridgehead atoms. The fraction of sp³-hybridized carbons (Fsp3) is 0.733. The highest BCUT2D eigenvalue weighted by Crippen LogP contribution is 2.30. The number of fused-ring (bicyclic) bond motifs is 1. The Kier molecular flexibility index (Phi) is 4.50. The number of aryl methyl sites for hydroxylation is 3. The molecule has 21 heavy (non-hydrogen) atoms. The summed E-state index contributed by atoms with van der Waals surface area (Å²) in [5.74, 6) is 1.69. The van der Waals surface area contributed by atoms with Crippen molar-refractivity contribution in [3.8, 4) is 0 Å². The molecule has 1 aliphatic heterocycles. The van der Waals surface area contributed by atoms with Gasteiger partial charge in [0.05, 0.1) is 5.69 Å². The number of nitrogens with zero attached hydrogens (tertiary/aromatic N) is 4. The minimum absolute atomic E-state index is 0.451. The molecule has 1 fully saturated rings. The fourth-order valence-electron chi connectivity index (χ4n) is 3.24. The lowest BCUT2D eigenvalue weighted by atomic mass is 10.1. The summed E-state index contributed by atoms with van der Waals surface area (Å²) in [7, 11) is 2.02. The number of halogens is 1. The second kappa shape index (κ2) is 6.36. The van der Waals surface area contributed by atoms with Gasteiger partial charge in [-0.05, 0) is 19.3 Å². The molecule has 2 aromatic rings. The van der Waals surface area contributed by atoms with E-state index >= 15 is 0 Å². The van der Waals surface area contributed by atoms with Crippen molar-refractivity contribution < 1.29 is 4.74 Å². The highest BCUT2D eigenvalue weighted by atomic mass is 35.5. The predicted molar refractivity (Wildman–Crippen MR) is 84.0 cm³/mol. The second-order valence-corrected chi connectivity index (χ2v) is 6.05. The van der Waals surface area contributed by atoms with Crippen molar-refractivity contribution in [3.63, 3.8) is 0 Å². The minimum atomic E-state index is 0.451. The summed E-state index contributed by atoms with van der Waals surface area (Å²) in [6.45, 7) is 3.82. The third kappa shape index (κ3) is 2.69. The maximum absolute atomic E-state index is 5.98. The van der Waals surface area contributed by atoms with E-state index in [1.54, 1.807) is 0 Å². The molecular formula is C15H23ClN4O. The number of hydrogen-bond donors (Lipinski definition) is 0. The van der Waals surface area contributed by atoms with E-state index in [9.17, 15) is 0 Å². The van der Waals surface area contributed by atoms with E-state index in [1.807, 2.05) is 11.7 Å². The summed E-state index contributed by atoms with van der Waals surface area (Å²) in [4.78, 5) is 4.87. The summed E-state index contributed by atoms with van der Waals surface area (Å²) in [5, 5.41) is 4.67. The van der Waals surface area contributed by atoms with E-state index in [0.717, 1.165) is 68.0 Å². The Hall–Kier alpha value is -1.07. The van der Waals surface area contributed by atoms with Crippen molar-refractivity contribution in [2.75, 3.05) is 19.1 Å². The molecule has 1 saturated heterocycles. The van der Waals surface area contributed by atoms with Gasteiger partial charge in [-0.1, -0.05) is 13.3 Å². The van der Waals surface area contributed by atoms with Gasteiger partial charge in [-0.25, -0.2) is 4.98 Å². The summed E-state index contributed by atoms with van der Waals surface area (Å²) in [5.41, 5.74) is 3.31. The van der Waals surface area contributed by atoms with E-state index in [0.29, 0.717) is 11.9 Å². The molecule has 0 aliphatic carbocycles. The van der Waals surface area contributed by atoms with E-state index in [2.05, 4.69) is 16.6 Å². The largest absolute Gasteiger partial charge is 0.381 e. The molecule has 5 nitrogen and oxygen atoms in total. The number of hydrogen-bond acceptors (Lipinski definition) is 3. The maximum atomic E-state index is 5.98. The molecule has 0 saturated carbocycles. The topological polar surface area (TPSA) is 44.9 Å². The van der Waals surface area contributed by atoms with Crippen molar-refractivity contribution in [3.05, 3.63) is 11.5 Å². The second-order valence-electron chi connectivity index (χ2n) is 5.67. The first-order chi connectivity index (χ1) is 10.3. The van der Waals surface area contributed by atoms with Gasteiger partial charge in [-0.3, -0.25) is 4.68 Å². The van der Waals surface area contributed by atoms with Crippen LogP contribution in [0.1, 0.15) is 43.7 Å². The predicted octanol–water partition coefficient (Wildman–Crippen LogP) is 2.86. The molecule has 0 spiro atoms. The zero-order valence-corrected chi connectivity index (χ0v) is 13.6. The Labute approximate surface area is 130 Å². The third-order valence-corrected chi connectivity index (χ3v) is 4.36. The van der Waals surface area contributed by atoms with E-state index < -0.39 is 0 Å². The van der Waals surface area contributed by atoms with Gasteiger partial charge in [0.15, 0.2) is 5.65 Å². The quantitative estimate of drug-likeness (QED) is 0.798. The highest BCUT2D eigenvalue weighted by molar-refractivity contribution is 6.17. The number of alkyl halides is 1. The smallest absolute Gasteiger partial charge is 0.158 e. The number of rotatable bonds is 5. The average Bonchev–Trinajstić information content (AvgIpc) is 3.00. The average molecular weight is 311 g/mol. The van der Waals surface area contributed by atoms with Gasteiger partial charge in [-0.2, -0.15) is 5.10 Å². The van der Waals surface area contributed by atoms with E-state index in [1.165, 1.54) is 0 Å². The summed E-state index contributed by atoms with van der Waals surface area (Å²) >= 11 is 5.98. The van der Waals surface area contributed by atoms with Gasteiger partial charge in [0.1, 0.15) is 11.3 Å². The third-order valence-electron chi connectivity index (χ3n) is 4.17. The van der Waals surface area contributed by atoms with Gasteiger partial charge in [-0.15, -0.1) is 11.6 Å². The molecule has 0 atom stereocenters. The molecule has 0 amide bonds. The number of imidazole rings is 1. The summed E-state index contributed by atoms with van der Waals surface area (Å²) in [6.07, 6.45) is 4.94. The van der Waals surface area contributed by atoms with Crippen LogP contribution >= 0.6 is 11.6 Å². The lowest BCUT2D eigenvalue weighted by Gasteiger charge is -2.25. The number of aromatic nitrogens is 4. The normalized spacial score (nSPS) is 16.9. The molecule has 116 valence electrons. The van der Waals surface area contributed by atoms with Crippen LogP contribution in [0.5, 0.6) is 0 Å². The van der Waals surface area contributed by atoms with Crippen LogP contribution in [0.2, 0.25) is 0 Å². The van der Waals surface area contributed by atoms with E-state index in [-0.39, 0.29) is 0 Å². The molecule has 3 rings (SSSR count). The molecule has 3 heterocycles. The monoisotopic (exact) mass is 310 g/mol. The highest BCUT2D eigenvalue weighted by Gasteiger charge is 2.25.